The Morgan fingerprint density at radius 3 is 2.84 bits per heavy atom. The van der Waals surface area contributed by atoms with Crippen LogP contribution in [0.15, 0.2) is 23.4 Å². The lowest BCUT2D eigenvalue weighted by atomic mass is 10.4. The molecule has 1 aromatic heterocycles. The maximum atomic E-state index is 12.1. The van der Waals surface area contributed by atoms with Crippen molar-refractivity contribution in [3.8, 4) is 0 Å². The SMILES string of the molecule is CCCNc1cccnc1S(=O)(=O)NCCCOC. The second kappa shape index (κ2) is 8.08. The van der Waals surface area contributed by atoms with Crippen molar-refractivity contribution in [3.05, 3.63) is 18.3 Å². The Hall–Kier alpha value is -1.18. The lowest BCUT2D eigenvalue weighted by molar-refractivity contribution is 0.196. The van der Waals surface area contributed by atoms with Crippen molar-refractivity contribution in [1.29, 1.82) is 0 Å². The third-order valence-electron chi connectivity index (χ3n) is 2.41. The van der Waals surface area contributed by atoms with Crippen LogP contribution in [0, 0.1) is 0 Å². The first-order valence-electron chi connectivity index (χ1n) is 6.29. The first-order valence-corrected chi connectivity index (χ1v) is 7.77. The molecule has 0 unspecified atom stereocenters. The van der Waals surface area contributed by atoms with Gasteiger partial charge in [0.1, 0.15) is 0 Å². The Kier molecular flexibility index (Phi) is 6.75. The summed E-state index contributed by atoms with van der Waals surface area (Å²) in [6, 6.07) is 3.42. The van der Waals surface area contributed by atoms with Gasteiger partial charge in [0.25, 0.3) is 10.0 Å². The molecule has 0 saturated carbocycles. The van der Waals surface area contributed by atoms with E-state index in [1.807, 2.05) is 6.92 Å². The van der Waals surface area contributed by atoms with Crippen LogP contribution in [-0.2, 0) is 14.8 Å². The van der Waals surface area contributed by atoms with Crippen molar-refractivity contribution in [2.45, 2.75) is 24.8 Å². The van der Waals surface area contributed by atoms with Crippen molar-refractivity contribution in [2.24, 2.45) is 0 Å². The molecule has 1 rings (SSSR count). The van der Waals surface area contributed by atoms with E-state index in [1.165, 1.54) is 6.20 Å². The van der Waals surface area contributed by atoms with Crippen LogP contribution in [0.4, 0.5) is 5.69 Å². The fourth-order valence-electron chi connectivity index (χ4n) is 1.49. The molecule has 0 aliphatic rings. The number of aromatic nitrogens is 1. The highest BCUT2D eigenvalue weighted by molar-refractivity contribution is 7.89. The molecular formula is C12H21N3O3S. The van der Waals surface area contributed by atoms with Gasteiger partial charge in [0.15, 0.2) is 5.03 Å². The Morgan fingerprint density at radius 2 is 2.16 bits per heavy atom. The van der Waals surface area contributed by atoms with Gasteiger partial charge in [-0.2, -0.15) is 0 Å². The molecule has 2 N–H and O–H groups in total. The number of anilines is 1. The molecule has 1 aromatic rings. The third kappa shape index (κ3) is 5.14. The van der Waals surface area contributed by atoms with Crippen molar-refractivity contribution >= 4 is 15.7 Å². The van der Waals surface area contributed by atoms with E-state index in [-0.39, 0.29) is 5.03 Å². The minimum Gasteiger partial charge on any atom is -0.385 e. The molecule has 0 fully saturated rings. The molecule has 0 amide bonds. The van der Waals surface area contributed by atoms with Gasteiger partial charge < -0.3 is 10.1 Å². The number of nitrogens with zero attached hydrogens (tertiary/aromatic N) is 1. The first kappa shape index (κ1) is 15.9. The highest BCUT2D eigenvalue weighted by atomic mass is 32.2. The standard InChI is InChI=1S/C12H21N3O3S/c1-3-7-13-11-6-4-8-14-12(11)19(16,17)15-9-5-10-18-2/h4,6,8,13,15H,3,5,7,9-10H2,1-2H3. The van der Waals surface area contributed by atoms with Gasteiger partial charge in [-0.05, 0) is 25.0 Å². The van der Waals surface area contributed by atoms with Crippen molar-refractivity contribution < 1.29 is 13.2 Å². The minimum atomic E-state index is -3.58. The van der Waals surface area contributed by atoms with E-state index in [9.17, 15) is 8.42 Å². The average molecular weight is 287 g/mol. The van der Waals surface area contributed by atoms with Gasteiger partial charge in [-0.25, -0.2) is 18.1 Å². The van der Waals surface area contributed by atoms with Gasteiger partial charge >= 0.3 is 0 Å². The van der Waals surface area contributed by atoms with E-state index in [4.69, 9.17) is 4.74 Å². The van der Waals surface area contributed by atoms with Crippen LogP contribution in [0.5, 0.6) is 0 Å². The topological polar surface area (TPSA) is 80.3 Å². The smallest absolute Gasteiger partial charge is 0.260 e. The number of ether oxygens (including phenoxy) is 1. The molecule has 7 heteroatoms. The number of pyridine rings is 1. The second-order valence-electron chi connectivity index (χ2n) is 4.03. The fourth-order valence-corrected chi connectivity index (χ4v) is 2.67. The lowest BCUT2D eigenvalue weighted by Crippen LogP contribution is -2.27. The maximum absolute atomic E-state index is 12.1. The zero-order valence-electron chi connectivity index (χ0n) is 11.3. The fraction of sp³-hybridized carbons (Fsp3) is 0.583. The molecular weight excluding hydrogens is 266 g/mol. The van der Waals surface area contributed by atoms with Gasteiger partial charge in [-0.15, -0.1) is 0 Å². The highest BCUT2D eigenvalue weighted by Crippen LogP contribution is 2.17. The van der Waals surface area contributed by atoms with Crippen LogP contribution < -0.4 is 10.0 Å². The zero-order chi connectivity index (χ0) is 14.1. The van der Waals surface area contributed by atoms with E-state index in [2.05, 4.69) is 15.0 Å². The average Bonchev–Trinajstić information content (AvgIpc) is 2.41. The number of hydrogen-bond acceptors (Lipinski definition) is 5. The van der Waals surface area contributed by atoms with E-state index >= 15 is 0 Å². The number of rotatable bonds is 9. The summed E-state index contributed by atoms with van der Waals surface area (Å²) in [5, 5.41) is 3.11. The maximum Gasteiger partial charge on any atom is 0.260 e. The van der Waals surface area contributed by atoms with E-state index in [0.29, 0.717) is 31.8 Å². The largest absolute Gasteiger partial charge is 0.385 e. The molecule has 0 aliphatic heterocycles. The number of hydrogen-bond donors (Lipinski definition) is 2. The second-order valence-corrected chi connectivity index (χ2v) is 5.71. The quantitative estimate of drug-likeness (QED) is 0.667. The van der Waals surface area contributed by atoms with Crippen LogP contribution >= 0.6 is 0 Å². The molecule has 1 heterocycles. The third-order valence-corrected chi connectivity index (χ3v) is 3.83. The molecule has 0 radical (unpaired) electrons. The predicted octanol–water partition coefficient (Wildman–Crippen LogP) is 1.22. The summed E-state index contributed by atoms with van der Waals surface area (Å²) in [4.78, 5) is 3.96. The summed E-state index contributed by atoms with van der Waals surface area (Å²) in [5.41, 5.74) is 0.531. The number of sulfonamides is 1. The van der Waals surface area contributed by atoms with Crippen LogP contribution in [0.3, 0.4) is 0 Å². The zero-order valence-corrected chi connectivity index (χ0v) is 12.2. The Labute approximate surface area is 114 Å². The normalized spacial score (nSPS) is 11.5. The lowest BCUT2D eigenvalue weighted by Gasteiger charge is -2.11. The molecule has 0 spiro atoms. The van der Waals surface area contributed by atoms with Gasteiger partial charge in [0.05, 0.1) is 5.69 Å². The number of methoxy groups -OCH3 is 1. The predicted molar refractivity (Wildman–Crippen MR) is 74.7 cm³/mol. The van der Waals surface area contributed by atoms with Crippen LogP contribution in [0.25, 0.3) is 0 Å². The van der Waals surface area contributed by atoms with Crippen LogP contribution in [-0.4, -0.2) is 40.2 Å². The Balaban J connectivity index is 2.76. The van der Waals surface area contributed by atoms with Crippen LogP contribution in [0.1, 0.15) is 19.8 Å². The van der Waals surface area contributed by atoms with E-state index in [0.717, 1.165) is 6.42 Å². The summed E-state index contributed by atoms with van der Waals surface area (Å²) >= 11 is 0. The first-order chi connectivity index (χ1) is 9.11. The Bertz CT molecular complexity index is 477. The van der Waals surface area contributed by atoms with Gasteiger partial charge in [-0.3, -0.25) is 0 Å². The highest BCUT2D eigenvalue weighted by Gasteiger charge is 2.19. The molecule has 0 saturated heterocycles. The van der Waals surface area contributed by atoms with Crippen molar-refractivity contribution in [2.75, 3.05) is 32.1 Å². The molecule has 0 bridgehead atoms. The Morgan fingerprint density at radius 1 is 1.37 bits per heavy atom. The summed E-state index contributed by atoms with van der Waals surface area (Å²) in [6.45, 7) is 3.57. The monoisotopic (exact) mass is 287 g/mol. The van der Waals surface area contributed by atoms with Gasteiger partial charge in [0, 0.05) is 33.0 Å². The summed E-state index contributed by atoms with van der Waals surface area (Å²) < 4.78 is 31.6. The molecule has 0 aromatic carbocycles. The summed E-state index contributed by atoms with van der Waals surface area (Å²) in [7, 11) is -2.00. The van der Waals surface area contributed by atoms with Gasteiger partial charge in [0.2, 0.25) is 0 Å². The number of nitrogens with one attached hydrogen (secondary N) is 2. The van der Waals surface area contributed by atoms with E-state index in [1.54, 1.807) is 19.2 Å². The minimum absolute atomic E-state index is 0.0425. The van der Waals surface area contributed by atoms with Gasteiger partial charge in [-0.1, -0.05) is 6.92 Å². The van der Waals surface area contributed by atoms with E-state index < -0.39 is 10.0 Å². The molecule has 0 aliphatic carbocycles. The molecule has 108 valence electrons. The van der Waals surface area contributed by atoms with Crippen molar-refractivity contribution in [3.63, 3.8) is 0 Å². The molecule has 6 nitrogen and oxygen atoms in total. The summed E-state index contributed by atoms with van der Waals surface area (Å²) in [6.07, 6.45) is 3.01. The summed E-state index contributed by atoms with van der Waals surface area (Å²) in [5.74, 6) is 0. The van der Waals surface area contributed by atoms with Crippen LogP contribution in [0.2, 0.25) is 0 Å². The molecule has 0 atom stereocenters. The van der Waals surface area contributed by atoms with Crippen molar-refractivity contribution in [1.82, 2.24) is 9.71 Å². The molecule has 19 heavy (non-hydrogen) atoms.